The molecule has 0 unspecified atom stereocenters. The summed E-state index contributed by atoms with van der Waals surface area (Å²) < 4.78 is 11.5. The number of carbonyl (C=O) groups is 1. The second-order valence-corrected chi connectivity index (χ2v) is 6.39. The Hall–Kier alpha value is -2.98. The molecule has 0 bridgehead atoms. The van der Waals surface area contributed by atoms with Crippen molar-refractivity contribution in [3.05, 3.63) is 77.3 Å². The summed E-state index contributed by atoms with van der Waals surface area (Å²) in [5.41, 5.74) is 2.65. The number of hydrogen-bond donors (Lipinski definition) is 1. The maximum absolute atomic E-state index is 11.0. The standard InChI is InChI=1S/C22H19ClO4/c1-2-26-20-10-15(12-22(24)25)11-21(14-20)27-19-5-3-4-17(13-19)16-6-8-18(23)9-7-16/h3-11,13-14H,2,12H2,1H3,(H,24,25). The molecule has 5 heteroatoms. The smallest absolute Gasteiger partial charge is 0.307 e. The van der Waals surface area contributed by atoms with Gasteiger partial charge in [-0.05, 0) is 60.0 Å². The molecule has 0 amide bonds. The van der Waals surface area contributed by atoms with Crippen molar-refractivity contribution >= 4 is 17.6 Å². The van der Waals surface area contributed by atoms with E-state index in [1.807, 2.05) is 55.5 Å². The molecule has 0 radical (unpaired) electrons. The van der Waals surface area contributed by atoms with Gasteiger partial charge >= 0.3 is 5.97 Å². The van der Waals surface area contributed by atoms with Crippen molar-refractivity contribution in [1.29, 1.82) is 0 Å². The number of aliphatic carboxylic acids is 1. The van der Waals surface area contributed by atoms with Gasteiger partial charge in [-0.1, -0.05) is 35.9 Å². The minimum atomic E-state index is -0.903. The van der Waals surface area contributed by atoms with E-state index < -0.39 is 5.97 Å². The lowest BCUT2D eigenvalue weighted by Crippen LogP contribution is -2.01. The summed E-state index contributed by atoms with van der Waals surface area (Å²) in [5, 5.41) is 9.74. The lowest BCUT2D eigenvalue weighted by molar-refractivity contribution is -0.136. The summed E-state index contributed by atoms with van der Waals surface area (Å²) in [6.07, 6.45) is -0.0952. The van der Waals surface area contributed by atoms with Gasteiger partial charge in [0, 0.05) is 11.1 Å². The van der Waals surface area contributed by atoms with Crippen LogP contribution in [-0.2, 0) is 11.2 Å². The molecule has 0 saturated carbocycles. The van der Waals surface area contributed by atoms with E-state index in [2.05, 4.69) is 0 Å². The average molecular weight is 383 g/mol. The lowest BCUT2D eigenvalue weighted by Gasteiger charge is -2.12. The fourth-order valence-corrected chi connectivity index (χ4v) is 2.86. The van der Waals surface area contributed by atoms with Crippen LogP contribution in [0.4, 0.5) is 0 Å². The summed E-state index contributed by atoms with van der Waals surface area (Å²) in [7, 11) is 0. The number of carboxylic acid groups (broad SMARTS) is 1. The third-order valence-corrected chi connectivity index (χ3v) is 4.11. The van der Waals surface area contributed by atoms with E-state index in [0.717, 1.165) is 11.1 Å². The van der Waals surface area contributed by atoms with Crippen molar-refractivity contribution in [2.24, 2.45) is 0 Å². The van der Waals surface area contributed by atoms with E-state index in [0.29, 0.717) is 34.4 Å². The van der Waals surface area contributed by atoms with Gasteiger partial charge < -0.3 is 14.6 Å². The quantitative estimate of drug-likeness (QED) is 0.559. The van der Waals surface area contributed by atoms with Crippen molar-refractivity contribution < 1.29 is 19.4 Å². The first-order valence-corrected chi connectivity index (χ1v) is 8.93. The van der Waals surface area contributed by atoms with E-state index in [1.165, 1.54) is 0 Å². The normalized spacial score (nSPS) is 10.4. The molecule has 0 aliphatic carbocycles. The number of benzene rings is 3. The van der Waals surface area contributed by atoms with Gasteiger partial charge in [-0.3, -0.25) is 4.79 Å². The van der Waals surface area contributed by atoms with Crippen LogP contribution < -0.4 is 9.47 Å². The van der Waals surface area contributed by atoms with Crippen LogP contribution in [0.2, 0.25) is 5.02 Å². The van der Waals surface area contributed by atoms with Crippen LogP contribution >= 0.6 is 11.6 Å². The third-order valence-electron chi connectivity index (χ3n) is 3.85. The Balaban J connectivity index is 1.88. The molecule has 27 heavy (non-hydrogen) atoms. The average Bonchev–Trinajstić information content (AvgIpc) is 2.62. The highest BCUT2D eigenvalue weighted by Crippen LogP contribution is 2.31. The summed E-state index contributed by atoms with van der Waals surface area (Å²) in [6.45, 7) is 2.36. The zero-order valence-corrected chi connectivity index (χ0v) is 15.6. The SMILES string of the molecule is CCOc1cc(CC(=O)O)cc(Oc2cccc(-c3ccc(Cl)cc3)c2)c1. The highest BCUT2D eigenvalue weighted by Gasteiger charge is 2.08. The van der Waals surface area contributed by atoms with Gasteiger partial charge in [-0.15, -0.1) is 0 Å². The summed E-state index contributed by atoms with van der Waals surface area (Å²) >= 11 is 5.95. The van der Waals surface area contributed by atoms with E-state index >= 15 is 0 Å². The monoisotopic (exact) mass is 382 g/mol. The Morgan fingerprint density at radius 1 is 0.926 bits per heavy atom. The third kappa shape index (κ3) is 5.25. The first-order valence-electron chi connectivity index (χ1n) is 8.56. The number of ether oxygens (including phenoxy) is 2. The Kier molecular flexibility index (Phi) is 5.99. The van der Waals surface area contributed by atoms with Gasteiger partial charge in [0.05, 0.1) is 13.0 Å². The molecule has 0 fully saturated rings. The largest absolute Gasteiger partial charge is 0.494 e. The number of carboxylic acids is 1. The number of hydrogen-bond acceptors (Lipinski definition) is 3. The summed E-state index contributed by atoms with van der Waals surface area (Å²) in [4.78, 5) is 11.0. The van der Waals surface area contributed by atoms with Crippen LogP contribution in [0.1, 0.15) is 12.5 Å². The predicted octanol–water partition coefficient (Wildman–Crippen LogP) is 5.83. The van der Waals surface area contributed by atoms with Crippen molar-refractivity contribution in [3.8, 4) is 28.4 Å². The zero-order valence-electron chi connectivity index (χ0n) is 14.8. The van der Waals surface area contributed by atoms with Gasteiger partial charge in [0.2, 0.25) is 0 Å². The van der Waals surface area contributed by atoms with Crippen molar-refractivity contribution in [3.63, 3.8) is 0 Å². The molecular formula is C22H19ClO4. The first kappa shape index (κ1) is 18.8. The summed E-state index contributed by atoms with van der Waals surface area (Å²) in [5.74, 6) is 0.863. The fourth-order valence-electron chi connectivity index (χ4n) is 2.73. The van der Waals surface area contributed by atoms with Crippen LogP contribution in [0.15, 0.2) is 66.7 Å². The van der Waals surface area contributed by atoms with E-state index in [1.54, 1.807) is 18.2 Å². The van der Waals surface area contributed by atoms with Crippen molar-refractivity contribution in [2.75, 3.05) is 6.61 Å². The second-order valence-electron chi connectivity index (χ2n) is 5.95. The highest BCUT2D eigenvalue weighted by molar-refractivity contribution is 6.30. The van der Waals surface area contributed by atoms with Gasteiger partial charge in [-0.25, -0.2) is 0 Å². The molecule has 0 aliphatic rings. The molecular weight excluding hydrogens is 364 g/mol. The molecule has 3 rings (SSSR count). The Morgan fingerprint density at radius 2 is 1.67 bits per heavy atom. The van der Waals surface area contributed by atoms with Gasteiger partial charge in [0.1, 0.15) is 17.2 Å². The van der Waals surface area contributed by atoms with Crippen LogP contribution in [0.25, 0.3) is 11.1 Å². The maximum atomic E-state index is 11.0. The first-order chi connectivity index (χ1) is 13.0. The van der Waals surface area contributed by atoms with Crippen LogP contribution in [-0.4, -0.2) is 17.7 Å². The van der Waals surface area contributed by atoms with Crippen LogP contribution in [0.5, 0.6) is 17.2 Å². The molecule has 0 aliphatic heterocycles. The molecule has 3 aromatic rings. The topological polar surface area (TPSA) is 55.8 Å². The molecule has 3 aromatic carbocycles. The minimum absolute atomic E-state index is 0.0952. The minimum Gasteiger partial charge on any atom is -0.494 e. The predicted molar refractivity (Wildman–Crippen MR) is 106 cm³/mol. The molecule has 0 saturated heterocycles. The molecule has 0 heterocycles. The Labute approximate surface area is 162 Å². The Morgan fingerprint density at radius 3 is 2.37 bits per heavy atom. The van der Waals surface area contributed by atoms with E-state index in [-0.39, 0.29) is 6.42 Å². The van der Waals surface area contributed by atoms with Crippen molar-refractivity contribution in [1.82, 2.24) is 0 Å². The Bertz CT molecular complexity index is 935. The number of halogens is 1. The van der Waals surface area contributed by atoms with Gasteiger partial charge in [0.25, 0.3) is 0 Å². The molecule has 138 valence electrons. The van der Waals surface area contributed by atoms with Crippen LogP contribution in [0, 0.1) is 0 Å². The molecule has 1 N–H and O–H groups in total. The fraction of sp³-hybridized carbons (Fsp3) is 0.136. The summed E-state index contributed by atoms with van der Waals surface area (Å²) in [6, 6.07) is 20.4. The van der Waals surface area contributed by atoms with Gasteiger partial charge in [0.15, 0.2) is 0 Å². The molecule has 0 aromatic heterocycles. The number of rotatable bonds is 7. The molecule has 4 nitrogen and oxygen atoms in total. The zero-order chi connectivity index (χ0) is 19.2. The van der Waals surface area contributed by atoms with Crippen molar-refractivity contribution in [2.45, 2.75) is 13.3 Å². The highest BCUT2D eigenvalue weighted by atomic mass is 35.5. The molecule has 0 atom stereocenters. The second kappa shape index (κ2) is 8.60. The maximum Gasteiger partial charge on any atom is 0.307 e. The molecule has 0 spiro atoms. The van der Waals surface area contributed by atoms with E-state index in [4.69, 9.17) is 26.2 Å². The lowest BCUT2D eigenvalue weighted by atomic mass is 10.1. The van der Waals surface area contributed by atoms with Gasteiger partial charge in [-0.2, -0.15) is 0 Å². The van der Waals surface area contributed by atoms with E-state index in [9.17, 15) is 4.79 Å². The van der Waals surface area contributed by atoms with Crippen LogP contribution in [0.3, 0.4) is 0 Å².